The third-order valence-corrected chi connectivity index (χ3v) is 4.17. The van der Waals surface area contributed by atoms with Crippen molar-refractivity contribution in [3.05, 3.63) is 65.2 Å². The highest BCUT2D eigenvalue weighted by Gasteiger charge is 2.25. The van der Waals surface area contributed by atoms with Crippen molar-refractivity contribution in [2.24, 2.45) is 0 Å². The van der Waals surface area contributed by atoms with E-state index in [9.17, 15) is 9.90 Å². The molecule has 2 aromatic carbocycles. The highest BCUT2D eigenvalue weighted by molar-refractivity contribution is 5.90. The molecule has 23 heavy (non-hydrogen) atoms. The van der Waals surface area contributed by atoms with Gasteiger partial charge in [-0.15, -0.1) is 0 Å². The first kappa shape index (κ1) is 15.6. The number of carboxylic acids is 1. The van der Waals surface area contributed by atoms with Gasteiger partial charge in [0.15, 0.2) is 0 Å². The Morgan fingerprint density at radius 2 is 1.96 bits per heavy atom. The van der Waals surface area contributed by atoms with E-state index in [1.807, 2.05) is 0 Å². The zero-order valence-corrected chi connectivity index (χ0v) is 13.2. The summed E-state index contributed by atoms with van der Waals surface area (Å²) in [6, 6.07) is 15.4. The maximum absolute atomic E-state index is 11.2. The van der Waals surface area contributed by atoms with Gasteiger partial charge in [-0.1, -0.05) is 42.0 Å². The smallest absolute Gasteiger partial charge is 0.339 e. The van der Waals surface area contributed by atoms with Crippen molar-refractivity contribution in [1.82, 2.24) is 4.90 Å². The molecule has 3 rings (SSSR count). The quantitative estimate of drug-likeness (QED) is 0.920. The highest BCUT2D eigenvalue weighted by atomic mass is 16.5. The van der Waals surface area contributed by atoms with E-state index < -0.39 is 5.97 Å². The average molecular weight is 311 g/mol. The van der Waals surface area contributed by atoms with Gasteiger partial charge in [-0.3, -0.25) is 4.90 Å². The van der Waals surface area contributed by atoms with Crippen LogP contribution in [-0.2, 0) is 6.54 Å². The van der Waals surface area contributed by atoms with E-state index in [-0.39, 0.29) is 11.7 Å². The SMILES string of the molecule is Cc1ccc(CN2CCC(Oc3ccccc3C(=O)O)C2)cc1. The maximum atomic E-state index is 11.2. The second-order valence-electron chi connectivity index (χ2n) is 6.05. The van der Waals surface area contributed by atoms with E-state index in [0.29, 0.717) is 5.75 Å². The maximum Gasteiger partial charge on any atom is 0.339 e. The first-order chi connectivity index (χ1) is 11.1. The third kappa shape index (κ3) is 3.90. The Morgan fingerprint density at radius 1 is 1.22 bits per heavy atom. The first-order valence-electron chi connectivity index (χ1n) is 7.89. The van der Waals surface area contributed by atoms with E-state index in [1.165, 1.54) is 11.1 Å². The van der Waals surface area contributed by atoms with Gasteiger partial charge in [-0.05, 0) is 31.0 Å². The van der Waals surface area contributed by atoms with Crippen LogP contribution in [0.25, 0.3) is 0 Å². The first-order valence-corrected chi connectivity index (χ1v) is 7.89. The van der Waals surface area contributed by atoms with Gasteiger partial charge in [0.25, 0.3) is 0 Å². The number of carboxylic acid groups (broad SMARTS) is 1. The average Bonchev–Trinajstić information content (AvgIpc) is 2.97. The predicted molar refractivity (Wildman–Crippen MR) is 88.9 cm³/mol. The van der Waals surface area contributed by atoms with Crippen LogP contribution in [0.15, 0.2) is 48.5 Å². The number of hydrogen-bond acceptors (Lipinski definition) is 3. The molecule has 0 amide bonds. The summed E-state index contributed by atoms with van der Waals surface area (Å²) < 4.78 is 5.93. The van der Waals surface area contributed by atoms with Crippen molar-refractivity contribution in [1.29, 1.82) is 0 Å². The van der Waals surface area contributed by atoms with Crippen LogP contribution in [0.4, 0.5) is 0 Å². The lowest BCUT2D eigenvalue weighted by atomic mass is 10.1. The van der Waals surface area contributed by atoms with Gasteiger partial charge in [-0.2, -0.15) is 0 Å². The molecule has 1 fully saturated rings. The molecule has 0 spiro atoms. The number of nitrogens with zero attached hydrogens (tertiary/aromatic N) is 1. The second kappa shape index (κ2) is 6.84. The molecule has 120 valence electrons. The summed E-state index contributed by atoms with van der Waals surface area (Å²) in [5.41, 5.74) is 2.79. The number of para-hydroxylation sites is 1. The van der Waals surface area contributed by atoms with E-state index >= 15 is 0 Å². The normalized spacial score (nSPS) is 18.0. The fourth-order valence-electron chi connectivity index (χ4n) is 2.91. The number of hydrogen-bond donors (Lipinski definition) is 1. The molecule has 0 aliphatic carbocycles. The van der Waals surface area contributed by atoms with Gasteiger partial charge in [0.1, 0.15) is 17.4 Å². The van der Waals surface area contributed by atoms with E-state index in [2.05, 4.69) is 36.1 Å². The Kier molecular flexibility index (Phi) is 4.63. The van der Waals surface area contributed by atoms with E-state index in [0.717, 1.165) is 26.1 Å². The molecule has 4 nitrogen and oxygen atoms in total. The van der Waals surface area contributed by atoms with Crippen LogP contribution >= 0.6 is 0 Å². The van der Waals surface area contributed by atoms with Crippen LogP contribution in [0.1, 0.15) is 27.9 Å². The molecule has 0 saturated carbocycles. The van der Waals surface area contributed by atoms with Gasteiger partial charge in [-0.25, -0.2) is 4.79 Å². The Hall–Kier alpha value is -2.33. The predicted octanol–water partition coefficient (Wildman–Crippen LogP) is 3.35. The molecule has 1 heterocycles. The van der Waals surface area contributed by atoms with Gasteiger partial charge >= 0.3 is 5.97 Å². The Balaban J connectivity index is 1.60. The molecular weight excluding hydrogens is 290 g/mol. The molecule has 0 radical (unpaired) electrons. The summed E-state index contributed by atoms with van der Waals surface area (Å²) in [6.07, 6.45) is 0.959. The van der Waals surface area contributed by atoms with Crippen LogP contribution < -0.4 is 4.74 Å². The lowest BCUT2D eigenvalue weighted by Crippen LogP contribution is -2.25. The van der Waals surface area contributed by atoms with Gasteiger partial charge < -0.3 is 9.84 Å². The standard InChI is InChI=1S/C19H21NO3/c1-14-6-8-15(9-7-14)12-20-11-10-16(13-20)23-18-5-3-2-4-17(18)19(21)22/h2-9,16H,10-13H2,1H3,(H,21,22). The Morgan fingerprint density at radius 3 is 2.70 bits per heavy atom. The van der Waals surface area contributed by atoms with Crippen molar-refractivity contribution >= 4 is 5.97 Å². The van der Waals surface area contributed by atoms with Crippen molar-refractivity contribution < 1.29 is 14.6 Å². The largest absolute Gasteiger partial charge is 0.488 e. The fourth-order valence-corrected chi connectivity index (χ4v) is 2.91. The summed E-state index contributed by atoms with van der Waals surface area (Å²) in [4.78, 5) is 13.6. The number of aromatic carboxylic acids is 1. The zero-order chi connectivity index (χ0) is 16.2. The van der Waals surface area contributed by atoms with Crippen molar-refractivity contribution in [2.75, 3.05) is 13.1 Å². The third-order valence-electron chi connectivity index (χ3n) is 4.17. The minimum Gasteiger partial charge on any atom is -0.488 e. The fraction of sp³-hybridized carbons (Fsp3) is 0.316. The molecule has 1 aliphatic rings. The van der Waals surface area contributed by atoms with Gasteiger partial charge in [0, 0.05) is 19.6 Å². The highest BCUT2D eigenvalue weighted by Crippen LogP contribution is 2.23. The molecule has 4 heteroatoms. The minimum atomic E-state index is -0.949. The summed E-state index contributed by atoms with van der Waals surface area (Å²) in [7, 11) is 0. The second-order valence-corrected chi connectivity index (χ2v) is 6.05. The molecule has 0 bridgehead atoms. The molecule has 1 N–H and O–H groups in total. The van der Waals surface area contributed by atoms with Crippen molar-refractivity contribution in [2.45, 2.75) is 26.0 Å². The molecular formula is C19H21NO3. The number of rotatable bonds is 5. The molecule has 1 unspecified atom stereocenters. The summed E-state index contributed by atoms with van der Waals surface area (Å²) in [6.45, 7) is 4.78. The van der Waals surface area contributed by atoms with Gasteiger partial charge in [0.2, 0.25) is 0 Å². The Bertz CT molecular complexity index is 681. The molecule has 1 aliphatic heterocycles. The van der Waals surface area contributed by atoms with Crippen molar-refractivity contribution in [3.63, 3.8) is 0 Å². The molecule has 2 aromatic rings. The number of benzene rings is 2. The zero-order valence-electron chi connectivity index (χ0n) is 13.2. The number of likely N-dealkylation sites (tertiary alicyclic amines) is 1. The van der Waals surface area contributed by atoms with Crippen LogP contribution in [0.2, 0.25) is 0 Å². The summed E-state index contributed by atoms with van der Waals surface area (Å²) in [5.74, 6) is -0.489. The summed E-state index contributed by atoms with van der Waals surface area (Å²) in [5, 5.41) is 9.22. The van der Waals surface area contributed by atoms with Crippen molar-refractivity contribution in [3.8, 4) is 5.75 Å². The van der Waals surface area contributed by atoms with E-state index in [1.54, 1.807) is 24.3 Å². The van der Waals surface area contributed by atoms with Crippen LogP contribution in [0.3, 0.4) is 0 Å². The van der Waals surface area contributed by atoms with Crippen LogP contribution in [0, 0.1) is 6.92 Å². The summed E-state index contributed by atoms with van der Waals surface area (Å²) >= 11 is 0. The van der Waals surface area contributed by atoms with E-state index in [4.69, 9.17) is 4.74 Å². The van der Waals surface area contributed by atoms with Gasteiger partial charge in [0.05, 0.1) is 0 Å². The number of ether oxygens (including phenoxy) is 1. The molecule has 1 atom stereocenters. The van der Waals surface area contributed by atoms with Crippen LogP contribution in [0.5, 0.6) is 5.75 Å². The number of aryl methyl sites for hydroxylation is 1. The van der Waals surface area contributed by atoms with Crippen LogP contribution in [-0.4, -0.2) is 35.2 Å². The number of carbonyl (C=O) groups is 1. The topological polar surface area (TPSA) is 49.8 Å². The molecule has 0 aromatic heterocycles. The lowest BCUT2D eigenvalue weighted by molar-refractivity contribution is 0.0689. The lowest BCUT2D eigenvalue weighted by Gasteiger charge is -2.18. The minimum absolute atomic E-state index is 0.0425. The molecule has 1 saturated heterocycles. The Labute approximate surface area is 136 Å². The monoisotopic (exact) mass is 311 g/mol.